The normalized spacial score (nSPS) is 11.6. The summed E-state index contributed by atoms with van der Waals surface area (Å²) >= 11 is 0. The minimum absolute atomic E-state index is 0.721. The molecule has 0 bridgehead atoms. The van der Waals surface area contributed by atoms with Crippen LogP contribution in [0.15, 0.2) is 0 Å². The molecule has 0 amide bonds. The molecule has 0 aliphatic rings. The highest BCUT2D eigenvalue weighted by molar-refractivity contribution is 4.65. The largest absolute Gasteiger partial charge is 0.314 e. The molecule has 0 aromatic carbocycles. The van der Waals surface area contributed by atoms with E-state index < -0.39 is 0 Å². The second-order valence-corrected chi connectivity index (χ2v) is 4.29. The topological polar surface area (TPSA) is 24.1 Å². The zero-order valence-electron chi connectivity index (χ0n) is 11.1. The van der Waals surface area contributed by atoms with Gasteiger partial charge in [-0.05, 0) is 45.2 Å². The highest BCUT2D eigenvalue weighted by Crippen LogP contribution is 1.97. The summed E-state index contributed by atoms with van der Waals surface area (Å²) < 4.78 is 0. The Hall–Kier alpha value is -0.0800. The lowest BCUT2D eigenvalue weighted by Gasteiger charge is -2.17. The number of nitrogens with one attached hydrogen (secondary N) is 2. The van der Waals surface area contributed by atoms with Gasteiger partial charge in [0.05, 0.1) is 0 Å². The lowest BCUT2D eigenvalue weighted by molar-refractivity contribution is 0.444. The molecule has 0 spiro atoms. The van der Waals surface area contributed by atoms with E-state index in [1.54, 1.807) is 0 Å². The standard InChI is InChI=1S/C13H30N2/c1-5-12(6-2)14-10-9-11-15-13(7-3)8-4/h12-15H,5-11H2,1-4H3. The third-order valence-corrected chi connectivity index (χ3v) is 3.19. The van der Waals surface area contributed by atoms with Gasteiger partial charge in [-0.25, -0.2) is 0 Å². The molecule has 0 unspecified atom stereocenters. The van der Waals surface area contributed by atoms with Crippen LogP contribution in [0, 0.1) is 0 Å². The summed E-state index contributed by atoms with van der Waals surface area (Å²) in [5.41, 5.74) is 0. The summed E-state index contributed by atoms with van der Waals surface area (Å²) in [5.74, 6) is 0. The van der Waals surface area contributed by atoms with Gasteiger partial charge in [0.15, 0.2) is 0 Å². The SMILES string of the molecule is CCC(CC)NCCCNC(CC)CC. The predicted octanol–water partition coefficient (Wildman–Crippen LogP) is 2.93. The van der Waals surface area contributed by atoms with Gasteiger partial charge < -0.3 is 10.6 Å². The average Bonchev–Trinajstić information content (AvgIpc) is 2.29. The fourth-order valence-corrected chi connectivity index (χ4v) is 1.86. The van der Waals surface area contributed by atoms with Crippen LogP contribution in [0.3, 0.4) is 0 Å². The first-order chi connectivity index (χ1) is 7.28. The van der Waals surface area contributed by atoms with Gasteiger partial charge in [0, 0.05) is 12.1 Å². The first-order valence-electron chi connectivity index (χ1n) is 6.75. The minimum atomic E-state index is 0.721. The maximum absolute atomic E-state index is 3.59. The molecule has 2 nitrogen and oxygen atoms in total. The van der Waals surface area contributed by atoms with Crippen molar-refractivity contribution in [3.05, 3.63) is 0 Å². The van der Waals surface area contributed by atoms with Crippen molar-refractivity contribution < 1.29 is 0 Å². The Balaban J connectivity index is 3.30. The zero-order valence-corrected chi connectivity index (χ0v) is 11.1. The van der Waals surface area contributed by atoms with Crippen molar-refractivity contribution in [3.63, 3.8) is 0 Å². The minimum Gasteiger partial charge on any atom is -0.314 e. The van der Waals surface area contributed by atoms with E-state index in [0.717, 1.165) is 25.2 Å². The molecule has 92 valence electrons. The van der Waals surface area contributed by atoms with E-state index in [1.807, 2.05) is 0 Å². The molecule has 0 fully saturated rings. The van der Waals surface area contributed by atoms with Crippen LogP contribution in [0.1, 0.15) is 59.8 Å². The summed E-state index contributed by atoms with van der Waals surface area (Å²) in [5, 5.41) is 7.18. The van der Waals surface area contributed by atoms with Crippen molar-refractivity contribution in [2.45, 2.75) is 71.9 Å². The lowest BCUT2D eigenvalue weighted by Crippen LogP contribution is -2.33. The summed E-state index contributed by atoms with van der Waals surface area (Å²) in [6.07, 6.45) is 6.23. The van der Waals surface area contributed by atoms with E-state index in [-0.39, 0.29) is 0 Å². The molecule has 0 rings (SSSR count). The van der Waals surface area contributed by atoms with Crippen LogP contribution < -0.4 is 10.6 Å². The smallest absolute Gasteiger partial charge is 0.00618 e. The Morgan fingerprint density at radius 2 is 1.00 bits per heavy atom. The van der Waals surface area contributed by atoms with Gasteiger partial charge in [0.2, 0.25) is 0 Å². The van der Waals surface area contributed by atoms with Crippen LogP contribution in [0.25, 0.3) is 0 Å². The molecule has 0 aliphatic heterocycles. The quantitative estimate of drug-likeness (QED) is 0.546. The van der Waals surface area contributed by atoms with Crippen LogP contribution in [-0.4, -0.2) is 25.2 Å². The van der Waals surface area contributed by atoms with Crippen LogP contribution in [0.5, 0.6) is 0 Å². The van der Waals surface area contributed by atoms with Gasteiger partial charge in [0.25, 0.3) is 0 Å². The van der Waals surface area contributed by atoms with E-state index in [2.05, 4.69) is 38.3 Å². The second-order valence-electron chi connectivity index (χ2n) is 4.29. The molecular weight excluding hydrogens is 184 g/mol. The fraction of sp³-hybridized carbons (Fsp3) is 1.00. The van der Waals surface area contributed by atoms with Crippen LogP contribution in [-0.2, 0) is 0 Å². The molecule has 15 heavy (non-hydrogen) atoms. The van der Waals surface area contributed by atoms with Gasteiger partial charge >= 0.3 is 0 Å². The van der Waals surface area contributed by atoms with Gasteiger partial charge in [-0.1, -0.05) is 27.7 Å². The summed E-state index contributed by atoms with van der Waals surface area (Å²) in [4.78, 5) is 0. The maximum Gasteiger partial charge on any atom is 0.00618 e. The molecule has 0 aromatic heterocycles. The summed E-state index contributed by atoms with van der Waals surface area (Å²) in [6, 6.07) is 1.44. The van der Waals surface area contributed by atoms with Crippen molar-refractivity contribution in [2.75, 3.05) is 13.1 Å². The number of hydrogen-bond acceptors (Lipinski definition) is 2. The molecule has 0 aromatic rings. The zero-order chi connectivity index (χ0) is 11.5. The Labute approximate surface area is 96.2 Å². The van der Waals surface area contributed by atoms with Crippen molar-refractivity contribution in [2.24, 2.45) is 0 Å². The third kappa shape index (κ3) is 7.80. The first kappa shape index (κ1) is 14.9. The van der Waals surface area contributed by atoms with Gasteiger partial charge in [-0.2, -0.15) is 0 Å². The lowest BCUT2D eigenvalue weighted by atomic mass is 10.1. The average molecular weight is 214 g/mol. The van der Waals surface area contributed by atoms with Crippen molar-refractivity contribution in [1.29, 1.82) is 0 Å². The van der Waals surface area contributed by atoms with E-state index in [1.165, 1.54) is 32.1 Å². The van der Waals surface area contributed by atoms with Gasteiger partial charge in [-0.15, -0.1) is 0 Å². The molecule has 0 atom stereocenters. The van der Waals surface area contributed by atoms with Crippen molar-refractivity contribution in [3.8, 4) is 0 Å². The van der Waals surface area contributed by atoms with Crippen LogP contribution in [0.2, 0.25) is 0 Å². The molecule has 0 saturated carbocycles. The predicted molar refractivity (Wildman–Crippen MR) is 69.4 cm³/mol. The van der Waals surface area contributed by atoms with E-state index in [0.29, 0.717) is 0 Å². The Morgan fingerprint density at radius 1 is 0.667 bits per heavy atom. The van der Waals surface area contributed by atoms with Gasteiger partial charge in [0.1, 0.15) is 0 Å². The second kappa shape index (κ2) is 10.4. The third-order valence-electron chi connectivity index (χ3n) is 3.19. The van der Waals surface area contributed by atoms with Crippen molar-refractivity contribution >= 4 is 0 Å². The molecule has 2 N–H and O–H groups in total. The van der Waals surface area contributed by atoms with E-state index in [9.17, 15) is 0 Å². The van der Waals surface area contributed by atoms with E-state index >= 15 is 0 Å². The van der Waals surface area contributed by atoms with Crippen molar-refractivity contribution in [1.82, 2.24) is 10.6 Å². The maximum atomic E-state index is 3.59. The highest BCUT2D eigenvalue weighted by atomic mass is 14.9. The Kier molecular flexibility index (Phi) is 10.4. The highest BCUT2D eigenvalue weighted by Gasteiger charge is 2.02. The molecule has 0 heterocycles. The monoisotopic (exact) mass is 214 g/mol. The van der Waals surface area contributed by atoms with Crippen LogP contribution >= 0.6 is 0 Å². The molecular formula is C13H30N2. The number of hydrogen-bond donors (Lipinski definition) is 2. The molecule has 0 saturated heterocycles. The molecule has 0 radical (unpaired) electrons. The number of rotatable bonds is 10. The Bertz CT molecular complexity index is 104. The molecule has 0 aliphatic carbocycles. The fourth-order valence-electron chi connectivity index (χ4n) is 1.86. The van der Waals surface area contributed by atoms with Crippen LogP contribution in [0.4, 0.5) is 0 Å². The van der Waals surface area contributed by atoms with Gasteiger partial charge in [-0.3, -0.25) is 0 Å². The molecule has 2 heteroatoms. The van der Waals surface area contributed by atoms with E-state index in [4.69, 9.17) is 0 Å². The summed E-state index contributed by atoms with van der Waals surface area (Å²) in [6.45, 7) is 11.3. The first-order valence-corrected chi connectivity index (χ1v) is 6.75. The summed E-state index contributed by atoms with van der Waals surface area (Å²) in [7, 11) is 0. The Morgan fingerprint density at radius 3 is 1.27 bits per heavy atom.